The fourth-order valence-corrected chi connectivity index (χ4v) is 4.49. The van der Waals surface area contributed by atoms with Crippen LogP contribution in [0.4, 0.5) is 5.69 Å². The van der Waals surface area contributed by atoms with Gasteiger partial charge in [0.25, 0.3) is 0 Å². The molecule has 0 radical (unpaired) electrons. The van der Waals surface area contributed by atoms with Gasteiger partial charge in [-0.1, -0.05) is 30.8 Å². The number of para-hydroxylation sites is 1. The second kappa shape index (κ2) is 8.82. The number of fused-ring (bicyclic) bond motifs is 1. The van der Waals surface area contributed by atoms with Gasteiger partial charge in [0.05, 0.1) is 16.9 Å². The molecule has 1 atom stereocenters. The van der Waals surface area contributed by atoms with Crippen LogP contribution < -0.4 is 10.5 Å². The highest BCUT2D eigenvalue weighted by molar-refractivity contribution is 6.01. The van der Waals surface area contributed by atoms with Gasteiger partial charge >= 0.3 is 0 Å². The molecule has 5 rings (SSSR count). The van der Waals surface area contributed by atoms with Crippen molar-refractivity contribution in [1.29, 1.82) is 0 Å². The third-order valence-corrected chi connectivity index (χ3v) is 6.10. The molecular formula is C27H26N4O2. The molecule has 1 aromatic heterocycles. The van der Waals surface area contributed by atoms with Crippen LogP contribution in [-0.4, -0.2) is 33.7 Å². The second-order valence-corrected chi connectivity index (χ2v) is 8.26. The first-order valence-electron chi connectivity index (χ1n) is 11.2. The number of ether oxygens (including phenoxy) is 1. The molecule has 6 heteroatoms. The Morgan fingerprint density at radius 1 is 1.03 bits per heavy atom. The van der Waals surface area contributed by atoms with Crippen molar-refractivity contribution in [2.75, 3.05) is 18.8 Å². The molecule has 0 bridgehead atoms. The highest BCUT2D eigenvalue weighted by Crippen LogP contribution is 2.36. The van der Waals surface area contributed by atoms with E-state index in [2.05, 4.69) is 6.58 Å². The number of nitrogens with two attached hydrogens (primary N) is 1. The number of nitrogen functional groups attached to an aromatic ring is 1. The van der Waals surface area contributed by atoms with Gasteiger partial charge < -0.3 is 15.4 Å². The van der Waals surface area contributed by atoms with Crippen LogP contribution >= 0.6 is 0 Å². The number of aromatic nitrogens is 2. The van der Waals surface area contributed by atoms with Crippen molar-refractivity contribution in [2.24, 2.45) is 0 Å². The van der Waals surface area contributed by atoms with Crippen LogP contribution in [0.5, 0.6) is 11.5 Å². The largest absolute Gasteiger partial charge is 0.457 e. The Morgan fingerprint density at radius 2 is 1.79 bits per heavy atom. The summed E-state index contributed by atoms with van der Waals surface area (Å²) in [4.78, 5) is 14.0. The number of likely N-dealkylation sites (tertiary alicyclic amines) is 1. The Bertz CT molecular complexity index is 1300. The van der Waals surface area contributed by atoms with Gasteiger partial charge in [-0.15, -0.1) is 0 Å². The van der Waals surface area contributed by atoms with E-state index >= 15 is 0 Å². The average molecular weight is 439 g/mol. The van der Waals surface area contributed by atoms with Gasteiger partial charge in [-0.3, -0.25) is 9.48 Å². The minimum absolute atomic E-state index is 0.0371. The predicted molar refractivity (Wildman–Crippen MR) is 131 cm³/mol. The summed E-state index contributed by atoms with van der Waals surface area (Å²) in [6.45, 7) is 4.99. The number of piperidine rings is 1. The van der Waals surface area contributed by atoms with Crippen LogP contribution in [0.2, 0.25) is 0 Å². The van der Waals surface area contributed by atoms with Crippen molar-refractivity contribution in [3.63, 3.8) is 0 Å². The first-order valence-corrected chi connectivity index (χ1v) is 11.2. The summed E-state index contributed by atoms with van der Waals surface area (Å²) < 4.78 is 7.97. The van der Waals surface area contributed by atoms with E-state index < -0.39 is 0 Å². The Labute approximate surface area is 192 Å². The van der Waals surface area contributed by atoms with Crippen LogP contribution in [0.3, 0.4) is 0 Å². The topological polar surface area (TPSA) is 73.4 Å². The van der Waals surface area contributed by atoms with E-state index in [-0.39, 0.29) is 11.9 Å². The molecule has 6 nitrogen and oxygen atoms in total. The van der Waals surface area contributed by atoms with Gasteiger partial charge in [-0.05, 0) is 67.4 Å². The van der Waals surface area contributed by atoms with Crippen molar-refractivity contribution >= 4 is 22.5 Å². The van der Waals surface area contributed by atoms with Crippen molar-refractivity contribution in [3.8, 4) is 22.8 Å². The molecule has 2 N–H and O–H groups in total. The van der Waals surface area contributed by atoms with Crippen LogP contribution in [-0.2, 0) is 4.79 Å². The lowest BCUT2D eigenvalue weighted by Crippen LogP contribution is -2.40. The summed E-state index contributed by atoms with van der Waals surface area (Å²) in [5.41, 5.74) is 9.88. The summed E-state index contributed by atoms with van der Waals surface area (Å²) in [7, 11) is 0. The number of rotatable bonds is 5. The zero-order chi connectivity index (χ0) is 22.8. The number of anilines is 1. The Balaban J connectivity index is 1.50. The number of nitrogens with zero attached hydrogens (tertiary/aromatic N) is 3. The molecule has 0 aliphatic carbocycles. The van der Waals surface area contributed by atoms with E-state index in [0.29, 0.717) is 12.2 Å². The van der Waals surface area contributed by atoms with Gasteiger partial charge in [0, 0.05) is 24.3 Å². The minimum Gasteiger partial charge on any atom is -0.457 e. The Hall–Kier alpha value is -4.06. The molecule has 0 unspecified atom stereocenters. The van der Waals surface area contributed by atoms with E-state index in [1.54, 1.807) is 0 Å². The number of hydrogen-bond donors (Lipinski definition) is 1. The van der Waals surface area contributed by atoms with Crippen molar-refractivity contribution in [3.05, 3.63) is 85.5 Å². The summed E-state index contributed by atoms with van der Waals surface area (Å²) in [5.74, 6) is 1.51. The van der Waals surface area contributed by atoms with Crippen molar-refractivity contribution in [1.82, 2.24) is 14.7 Å². The molecule has 1 aliphatic heterocycles. The standard InChI is InChI=1S/C27H26N4O2/c1-2-25(32)30-17-7-8-20(18-30)31-24-12-6-11-23(28)26(24)27(29-31)19-13-15-22(16-14-19)33-21-9-4-3-5-10-21/h2-6,9-16,20H,1,7-8,17-18,28H2/t20-/m1/s1. The molecule has 0 saturated carbocycles. The first kappa shape index (κ1) is 20.8. The fourth-order valence-electron chi connectivity index (χ4n) is 4.49. The molecule has 3 aromatic carbocycles. The average Bonchev–Trinajstić information content (AvgIpc) is 3.26. The van der Waals surface area contributed by atoms with E-state index in [4.69, 9.17) is 15.6 Å². The maximum absolute atomic E-state index is 12.2. The quantitative estimate of drug-likeness (QED) is 0.333. The second-order valence-electron chi connectivity index (χ2n) is 8.26. The Morgan fingerprint density at radius 3 is 2.55 bits per heavy atom. The molecule has 0 spiro atoms. The highest BCUT2D eigenvalue weighted by atomic mass is 16.5. The van der Waals surface area contributed by atoms with Crippen LogP contribution in [0.15, 0.2) is 85.5 Å². The number of amides is 1. The molecule has 1 amide bonds. The van der Waals surface area contributed by atoms with Crippen LogP contribution in [0.1, 0.15) is 18.9 Å². The van der Waals surface area contributed by atoms with E-state index in [9.17, 15) is 4.79 Å². The molecule has 2 heterocycles. The van der Waals surface area contributed by atoms with Crippen LogP contribution in [0.25, 0.3) is 22.2 Å². The highest BCUT2D eigenvalue weighted by Gasteiger charge is 2.27. The molecule has 1 saturated heterocycles. The lowest BCUT2D eigenvalue weighted by molar-refractivity contribution is -0.127. The third kappa shape index (κ3) is 4.07. The van der Waals surface area contributed by atoms with E-state index in [1.165, 1.54) is 6.08 Å². The zero-order valence-corrected chi connectivity index (χ0v) is 18.4. The third-order valence-electron chi connectivity index (χ3n) is 6.10. The van der Waals surface area contributed by atoms with Gasteiger partial charge in [0.2, 0.25) is 5.91 Å². The maximum atomic E-state index is 12.2. The first-order chi connectivity index (χ1) is 16.1. The smallest absolute Gasteiger partial charge is 0.246 e. The molecule has 1 fully saturated rings. The summed E-state index contributed by atoms with van der Waals surface area (Å²) in [6.07, 6.45) is 3.26. The number of carbonyl (C=O) groups excluding carboxylic acids is 1. The molecule has 1 aliphatic rings. The van der Waals surface area contributed by atoms with Gasteiger partial charge in [-0.25, -0.2) is 0 Å². The van der Waals surface area contributed by atoms with E-state index in [0.717, 1.165) is 53.0 Å². The van der Waals surface area contributed by atoms with E-state index in [1.807, 2.05) is 82.4 Å². The molecule has 4 aromatic rings. The maximum Gasteiger partial charge on any atom is 0.246 e. The predicted octanol–water partition coefficient (Wildman–Crippen LogP) is 5.43. The monoisotopic (exact) mass is 438 g/mol. The SMILES string of the molecule is C=CC(=O)N1CCC[C@@H](n2nc(-c3ccc(Oc4ccccc4)cc3)c3c(N)cccc32)C1. The number of carbonyl (C=O) groups is 1. The normalized spacial score (nSPS) is 16.0. The lowest BCUT2D eigenvalue weighted by Gasteiger charge is -2.32. The van der Waals surface area contributed by atoms with Crippen molar-refractivity contribution in [2.45, 2.75) is 18.9 Å². The number of benzene rings is 3. The molecule has 33 heavy (non-hydrogen) atoms. The minimum atomic E-state index is -0.0371. The van der Waals surface area contributed by atoms with Crippen molar-refractivity contribution < 1.29 is 9.53 Å². The molecular weight excluding hydrogens is 412 g/mol. The zero-order valence-electron chi connectivity index (χ0n) is 18.4. The van der Waals surface area contributed by atoms with Gasteiger partial charge in [-0.2, -0.15) is 5.10 Å². The lowest BCUT2D eigenvalue weighted by atomic mass is 10.0. The summed E-state index contributed by atoms with van der Waals surface area (Å²) >= 11 is 0. The Kier molecular flexibility index (Phi) is 5.57. The fraction of sp³-hybridized carbons (Fsp3) is 0.185. The molecule has 166 valence electrons. The number of hydrogen-bond acceptors (Lipinski definition) is 4. The van der Waals surface area contributed by atoms with Crippen LogP contribution in [0, 0.1) is 0 Å². The van der Waals surface area contributed by atoms with Gasteiger partial charge in [0.1, 0.15) is 17.2 Å². The summed E-state index contributed by atoms with van der Waals surface area (Å²) in [5, 5.41) is 5.94. The summed E-state index contributed by atoms with van der Waals surface area (Å²) in [6, 6.07) is 23.6. The van der Waals surface area contributed by atoms with Gasteiger partial charge in [0.15, 0.2) is 0 Å².